The molecule has 0 aliphatic heterocycles. The van der Waals surface area contributed by atoms with Crippen LogP contribution in [0, 0.1) is 17.5 Å². The summed E-state index contributed by atoms with van der Waals surface area (Å²) in [4.78, 5) is 37.6. The number of nitrogens with zero attached hydrogens (tertiary/aromatic N) is 6. The number of carbonyl (C=O) groups excluding carboxylic acids is 1. The van der Waals surface area contributed by atoms with Crippen molar-refractivity contribution in [2.75, 3.05) is 37.6 Å². The van der Waals surface area contributed by atoms with Gasteiger partial charge in [0.25, 0.3) is 25.2 Å². The van der Waals surface area contributed by atoms with Gasteiger partial charge in [-0.25, -0.2) is 54.0 Å². The predicted octanol–water partition coefficient (Wildman–Crippen LogP) is 1.10. The largest absolute Gasteiger partial charge is 0.481 e. The third kappa shape index (κ3) is 10.4. The first kappa shape index (κ1) is 42.4. The number of fused-ring (bicyclic) bond motifs is 1. The Kier molecular flexibility index (Phi) is 12.8. The van der Waals surface area contributed by atoms with Gasteiger partial charge in [-0.3, -0.25) is 10.0 Å². The predicted molar refractivity (Wildman–Crippen MR) is 184 cm³/mol. The Morgan fingerprint density at radius 1 is 0.839 bits per heavy atom. The van der Waals surface area contributed by atoms with Gasteiger partial charge in [-0.15, -0.1) is 5.10 Å². The molecule has 0 radical (unpaired) electrons. The van der Waals surface area contributed by atoms with Gasteiger partial charge >= 0.3 is 18.0 Å². The lowest BCUT2D eigenvalue weighted by molar-refractivity contribution is 0.0692. The number of carbonyl (C=O) groups is 2. The lowest BCUT2D eigenvalue weighted by Gasteiger charge is -2.12. The quantitative estimate of drug-likeness (QED) is 0.111. The summed E-state index contributed by atoms with van der Waals surface area (Å²) >= 11 is 0. The van der Waals surface area contributed by atoms with Crippen molar-refractivity contribution in [3.05, 3.63) is 77.2 Å². The molecule has 3 heterocycles. The number of aromatic carboxylic acids is 1. The van der Waals surface area contributed by atoms with Gasteiger partial charge in [0.05, 0.1) is 45.4 Å². The molecule has 0 atom stereocenters. The molecule has 0 bridgehead atoms. The van der Waals surface area contributed by atoms with Crippen molar-refractivity contribution in [2.24, 2.45) is 0 Å². The Bertz CT molecular complexity index is 2610. The van der Waals surface area contributed by atoms with Crippen molar-refractivity contribution >= 4 is 59.4 Å². The van der Waals surface area contributed by atoms with Gasteiger partial charge < -0.3 is 19.3 Å². The Hall–Kier alpha value is -6.39. The monoisotopic (exact) mass is 848 g/mol. The van der Waals surface area contributed by atoms with Crippen molar-refractivity contribution in [3.8, 4) is 17.8 Å². The number of carboxylic acids is 1. The summed E-state index contributed by atoms with van der Waals surface area (Å²) in [6.07, 6.45) is 1.67. The molecule has 22 nitrogen and oxygen atoms in total. The van der Waals surface area contributed by atoms with E-state index in [4.69, 9.17) is 14.2 Å². The molecule has 0 spiro atoms. The zero-order valence-corrected chi connectivity index (χ0v) is 31.3. The number of halogens is 3. The van der Waals surface area contributed by atoms with E-state index in [2.05, 4.69) is 35.1 Å². The fourth-order valence-corrected chi connectivity index (χ4v) is 6.63. The highest BCUT2D eigenvalue weighted by Crippen LogP contribution is 2.23. The molecule has 300 valence electrons. The Morgan fingerprint density at radius 3 is 2.02 bits per heavy atom. The fraction of sp³-hybridized carbons (Fsp3) is 0.179. The van der Waals surface area contributed by atoms with E-state index < -0.39 is 86.5 Å². The minimum Gasteiger partial charge on any atom is -0.481 e. The lowest BCUT2D eigenvalue weighted by atomic mass is 10.1. The summed E-state index contributed by atoms with van der Waals surface area (Å²) in [5.74, 6) is -5.10. The third-order valence-electron chi connectivity index (χ3n) is 6.55. The molecule has 2 aromatic carbocycles. The van der Waals surface area contributed by atoms with E-state index in [1.54, 1.807) is 9.44 Å². The summed E-state index contributed by atoms with van der Waals surface area (Å²) in [6.45, 7) is -0.301. The molecule has 56 heavy (non-hydrogen) atoms. The summed E-state index contributed by atoms with van der Waals surface area (Å²) in [5, 5.41) is 14.0. The van der Waals surface area contributed by atoms with Crippen LogP contribution < -0.4 is 33.7 Å². The SMILES string of the molecule is COc1cc(OC)nc(NC(=O)NS(=O)(=O)c2cc(CNS(C)(=O)=O)ccc2C(=O)O)n1.COc1ncc(F)c2nc(S(=O)(=O)Nc3c(F)cccc3F)nn12. The van der Waals surface area contributed by atoms with E-state index in [1.165, 1.54) is 33.5 Å². The normalized spacial score (nSPS) is 11.6. The average Bonchev–Trinajstić information content (AvgIpc) is 3.60. The molecule has 5 aromatic rings. The first-order valence-corrected chi connectivity index (χ1v) is 19.6. The van der Waals surface area contributed by atoms with Crippen LogP contribution in [0.25, 0.3) is 5.65 Å². The first-order chi connectivity index (χ1) is 26.2. The van der Waals surface area contributed by atoms with Crippen molar-refractivity contribution in [1.29, 1.82) is 0 Å². The number of sulfonamides is 3. The standard InChI is InChI=1S/C16H19N5O9S2.C12H8F3N5O3S/c1-29-12-7-13(30-2)19-15(18-12)20-16(24)21-32(27,28)11-6-9(8-17-31(3,25)26)4-5-10(11)14(22)23;1-23-12-16-5-8(15)10-17-11(18-20(10)12)24(21,22)19-9-6(13)3-2-4-7(9)14/h4-7,17H,8H2,1-3H3,(H,22,23)(H2,18,19,20,21,24);2-5,19H,1H3. The second-order valence-corrected chi connectivity index (χ2v) is 15.5. The summed E-state index contributed by atoms with van der Waals surface area (Å²) in [7, 11) is -9.07. The number of benzene rings is 2. The Morgan fingerprint density at radius 2 is 1.46 bits per heavy atom. The maximum Gasteiger partial charge on any atom is 0.337 e. The molecule has 0 saturated carbocycles. The van der Waals surface area contributed by atoms with Crippen LogP contribution in [0.5, 0.6) is 17.8 Å². The molecule has 0 aliphatic carbocycles. The molecule has 5 N–H and O–H groups in total. The van der Waals surface area contributed by atoms with Gasteiger partial charge in [0.2, 0.25) is 27.7 Å². The number of amides is 2. The van der Waals surface area contributed by atoms with Crippen LogP contribution in [0.4, 0.5) is 29.6 Å². The van der Waals surface area contributed by atoms with E-state index >= 15 is 0 Å². The minimum atomic E-state index is -4.70. The number of hydrogen-bond acceptors (Lipinski definition) is 16. The summed E-state index contributed by atoms with van der Waals surface area (Å²) < 4.78 is 134. The number of methoxy groups -OCH3 is 3. The highest BCUT2D eigenvalue weighted by atomic mass is 32.2. The number of carboxylic acid groups (broad SMARTS) is 1. The average molecular weight is 849 g/mol. The highest BCUT2D eigenvalue weighted by Gasteiger charge is 2.27. The van der Waals surface area contributed by atoms with E-state index in [1.807, 2.05) is 0 Å². The number of rotatable bonds is 13. The van der Waals surface area contributed by atoms with Gasteiger partial charge in [0, 0.05) is 6.54 Å². The summed E-state index contributed by atoms with van der Waals surface area (Å²) in [6, 6.07) is 5.74. The van der Waals surface area contributed by atoms with Crippen LogP contribution in [0.1, 0.15) is 15.9 Å². The maximum atomic E-state index is 13.7. The van der Waals surface area contributed by atoms with Crippen LogP contribution in [0.15, 0.2) is 58.7 Å². The molecule has 3 aromatic heterocycles. The van der Waals surface area contributed by atoms with Crippen LogP contribution >= 0.6 is 0 Å². The zero-order valence-electron chi connectivity index (χ0n) is 28.8. The van der Waals surface area contributed by atoms with Crippen LogP contribution in [0.2, 0.25) is 0 Å². The maximum absolute atomic E-state index is 13.7. The van der Waals surface area contributed by atoms with E-state index in [0.29, 0.717) is 4.52 Å². The van der Waals surface area contributed by atoms with Crippen LogP contribution in [-0.4, -0.2) is 99.5 Å². The van der Waals surface area contributed by atoms with Gasteiger partial charge in [-0.05, 0) is 29.8 Å². The number of urea groups is 1. The van der Waals surface area contributed by atoms with Crippen LogP contribution in [0.3, 0.4) is 0 Å². The Balaban J connectivity index is 0.000000258. The Labute approximate surface area is 314 Å². The molecule has 0 saturated heterocycles. The minimum absolute atomic E-state index is 0.0225. The third-order valence-corrected chi connectivity index (χ3v) is 9.71. The molecule has 28 heteroatoms. The number of nitrogens with one attached hydrogen (secondary N) is 4. The topological polar surface area (TPSA) is 301 Å². The van der Waals surface area contributed by atoms with Crippen molar-refractivity contribution in [1.82, 2.24) is 39.0 Å². The molecule has 2 amide bonds. The molecule has 0 fully saturated rings. The van der Waals surface area contributed by atoms with Crippen molar-refractivity contribution < 1.29 is 67.3 Å². The lowest BCUT2D eigenvalue weighted by Crippen LogP contribution is -2.35. The highest BCUT2D eigenvalue weighted by molar-refractivity contribution is 7.92. The number of aromatic nitrogens is 6. The van der Waals surface area contributed by atoms with E-state index in [0.717, 1.165) is 42.8 Å². The van der Waals surface area contributed by atoms with Crippen LogP contribution in [-0.2, 0) is 36.6 Å². The molecular formula is C28H27F3N10O12S3. The fourth-order valence-electron chi connectivity index (χ4n) is 4.10. The number of para-hydroxylation sites is 1. The number of ether oxygens (including phenoxy) is 3. The van der Waals surface area contributed by atoms with E-state index in [-0.39, 0.29) is 35.8 Å². The van der Waals surface area contributed by atoms with Gasteiger partial charge in [0.15, 0.2) is 11.5 Å². The number of anilines is 2. The van der Waals surface area contributed by atoms with Gasteiger partial charge in [0.1, 0.15) is 22.2 Å². The first-order valence-electron chi connectivity index (χ1n) is 14.7. The second kappa shape index (κ2) is 17.0. The summed E-state index contributed by atoms with van der Waals surface area (Å²) in [5.41, 5.74) is -1.87. The second-order valence-electron chi connectivity index (χ2n) is 10.5. The number of hydrogen-bond donors (Lipinski definition) is 5. The van der Waals surface area contributed by atoms with Gasteiger partial charge in [-0.1, -0.05) is 12.1 Å². The molecular weight excluding hydrogens is 822 g/mol. The smallest absolute Gasteiger partial charge is 0.337 e. The van der Waals surface area contributed by atoms with E-state index in [9.17, 15) is 53.1 Å². The van der Waals surface area contributed by atoms with Crippen molar-refractivity contribution in [3.63, 3.8) is 0 Å². The molecule has 5 rings (SSSR count). The molecule has 0 unspecified atom stereocenters. The van der Waals surface area contributed by atoms with Gasteiger partial charge in [-0.2, -0.15) is 27.9 Å². The molecule has 0 aliphatic rings. The van der Waals surface area contributed by atoms with Crippen molar-refractivity contribution in [2.45, 2.75) is 16.6 Å². The zero-order chi connectivity index (χ0) is 41.6.